The van der Waals surface area contributed by atoms with Crippen LogP contribution in [-0.4, -0.2) is 20.1 Å². The van der Waals surface area contributed by atoms with E-state index in [1.807, 2.05) is 6.07 Å². The molecular weight excluding hydrogens is 268 g/mol. The molecule has 0 aromatic heterocycles. The Morgan fingerprint density at radius 1 is 1.10 bits per heavy atom. The molecule has 0 atom stereocenters. The van der Waals surface area contributed by atoms with Crippen molar-refractivity contribution in [3.05, 3.63) is 53.6 Å². The summed E-state index contributed by atoms with van der Waals surface area (Å²) < 4.78 is 10.4. The number of carbonyl (C=O) groups excluding carboxylic acids is 1. The van der Waals surface area contributed by atoms with Crippen LogP contribution in [0.3, 0.4) is 0 Å². The predicted octanol–water partition coefficient (Wildman–Crippen LogP) is 2.83. The molecule has 0 unspecified atom stereocenters. The van der Waals surface area contributed by atoms with Crippen LogP contribution in [0.2, 0.25) is 0 Å². The molecule has 0 fully saturated rings. The Morgan fingerprint density at radius 3 is 2.52 bits per heavy atom. The van der Waals surface area contributed by atoms with Gasteiger partial charge in [0.05, 0.1) is 31.0 Å². The molecule has 0 spiro atoms. The fraction of sp³-hybridized carbons (Fsp3) is 0.125. The molecule has 2 aromatic rings. The number of hydrogen-bond acceptors (Lipinski definition) is 4. The number of ether oxygens (including phenoxy) is 2. The van der Waals surface area contributed by atoms with Gasteiger partial charge in [0.15, 0.2) is 11.5 Å². The first-order chi connectivity index (χ1) is 10.2. The van der Waals surface area contributed by atoms with Gasteiger partial charge in [-0.1, -0.05) is 18.2 Å². The largest absolute Gasteiger partial charge is 0.493 e. The minimum absolute atomic E-state index is 0.338. The molecule has 1 N–H and O–H groups in total. The van der Waals surface area contributed by atoms with Gasteiger partial charge in [-0.05, 0) is 24.3 Å². The molecule has 5 heteroatoms. The maximum absolute atomic E-state index is 12.4. The molecule has 0 saturated heterocycles. The number of methoxy groups -OCH3 is 2. The van der Waals surface area contributed by atoms with Crippen molar-refractivity contribution >= 4 is 11.6 Å². The topological polar surface area (TPSA) is 71.3 Å². The lowest BCUT2D eigenvalue weighted by Crippen LogP contribution is -2.14. The van der Waals surface area contributed by atoms with Gasteiger partial charge in [0, 0.05) is 0 Å². The van der Waals surface area contributed by atoms with Crippen LogP contribution in [-0.2, 0) is 0 Å². The Hall–Kier alpha value is -3.00. The Labute approximate surface area is 122 Å². The molecule has 0 aliphatic carbocycles. The molecule has 0 saturated carbocycles. The molecule has 2 aromatic carbocycles. The minimum atomic E-state index is -0.367. The maximum Gasteiger partial charge on any atom is 0.259 e. The van der Waals surface area contributed by atoms with Crippen molar-refractivity contribution in [3.63, 3.8) is 0 Å². The number of nitrogens with one attached hydrogen (secondary N) is 1. The highest BCUT2D eigenvalue weighted by Gasteiger charge is 2.17. The second-order valence-electron chi connectivity index (χ2n) is 4.15. The summed E-state index contributed by atoms with van der Waals surface area (Å²) in [4.78, 5) is 12.4. The fourth-order valence-corrected chi connectivity index (χ4v) is 1.95. The van der Waals surface area contributed by atoms with Gasteiger partial charge in [-0.3, -0.25) is 4.79 Å². The summed E-state index contributed by atoms with van der Waals surface area (Å²) in [5.74, 6) is 0.458. The Bertz CT molecular complexity index is 705. The van der Waals surface area contributed by atoms with E-state index in [1.54, 1.807) is 42.5 Å². The first-order valence-electron chi connectivity index (χ1n) is 6.22. The lowest BCUT2D eigenvalue weighted by atomic mass is 10.1. The van der Waals surface area contributed by atoms with Crippen molar-refractivity contribution in [1.82, 2.24) is 0 Å². The number of nitriles is 1. The van der Waals surface area contributed by atoms with Gasteiger partial charge in [-0.2, -0.15) is 5.26 Å². The zero-order chi connectivity index (χ0) is 15.2. The standard InChI is InChI=1S/C16H14N2O3/c1-20-14-9-5-7-12(15(14)21-2)16(19)18-13-8-4-3-6-11(13)10-17/h3-9H,1-2H3,(H,18,19). The molecule has 0 bridgehead atoms. The van der Waals surface area contributed by atoms with E-state index in [9.17, 15) is 4.79 Å². The van der Waals surface area contributed by atoms with E-state index >= 15 is 0 Å². The van der Waals surface area contributed by atoms with Crippen molar-refractivity contribution in [2.75, 3.05) is 19.5 Å². The molecule has 106 valence electrons. The summed E-state index contributed by atoms with van der Waals surface area (Å²) in [5, 5.41) is 11.7. The molecule has 21 heavy (non-hydrogen) atoms. The maximum atomic E-state index is 12.4. The number of anilines is 1. The SMILES string of the molecule is COc1cccc(C(=O)Nc2ccccc2C#N)c1OC. The summed E-state index contributed by atoms with van der Waals surface area (Å²) in [6, 6.07) is 13.9. The van der Waals surface area contributed by atoms with Crippen LogP contribution < -0.4 is 14.8 Å². The molecular formula is C16H14N2O3. The van der Waals surface area contributed by atoms with Crippen molar-refractivity contribution in [1.29, 1.82) is 5.26 Å². The third kappa shape index (κ3) is 2.95. The zero-order valence-corrected chi connectivity index (χ0v) is 11.7. The summed E-state index contributed by atoms with van der Waals surface area (Å²) in [5.41, 5.74) is 1.19. The predicted molar refractivity (Wildman–Crippen MR) is 78.7 cm³/mol. The van der Waals surface area contributed by atoms with Crippen LogP contribution in [0.1, 0.15) is 15.9 Å². The third-order valence-electron chi connectivity index (χ3n) is 2.94. The van der Waals surface area contributed by atoms with Crippen molar-refractivity contribution < 1.29 is 14.3 Å². The molecule has 0 aliphatic heterocycles. The first kappa shape index (κ1) is 14.4. The van der Waals surface area contributed by atoms with Crippen molar-refractivity contribution in [3.8, 4) is 17.6 Å². The smallest absolute Gasteiger partial charge is 0.259 e. The van der Waals surface area contributed by atoms with Gasteiger partial charge >= 0.3 is 0 Å². The third-order valence-corrected chi connectivity index (χ3v) is 2.94. The van der Waals surface area contributed by atoms with Crippen LogP contribution in [0.15, 0.2) is 42.5 Å². The van der Waals surface area contributed by atoms with Crippen LogP contribution in [0.5, 0.6) is 11.5 Å². The summed E-state index contributed by atoms with van der Waals surface area (Å²) in [6.45, 7) is 0. The van der Waals surface area contributed by atoms with E-state index < -0.39 is 0 Å². The van der Waals surface area contributed by atoms with E-state index in [-0.39, 0.29) is 5.91 Å². The zero-order valence-electron chi connectivity index (χ0n) is 11.7. The lowest BCUT2D eigenvalue weighted by molar-refractivity contribution is 0.102. The monoisotopic (exact) mass is 282 g/mol. The van der Waals surface area contributed by atoms with E-state index in [1.165, 1.54) is 14.2 Å². The quantitative estimate of drug-likeness (QED) is 0.936. The molecule has 5 nitrogen and oxygen atoms in total. The summed E-state index contributed by atoms with van der Waals surface area (Å²) in [7, 11) is 2.97. The van der Waals surface area contributed by atoms with E-state index in [2.05, 4.69) is 5.32 Å². The Balaban J connectivity index is 2.35. The number of carbonyl (C=O) groups is 1. The fourth-order valence-electron chi connectivity index (χ4n) is 1.95. The number of para-hydroxylation sites is 2. The number of nitrogens with zero attached hydrogens (tertiary/aromatic N) is 1. The Kier molecular flexibility index (Phi) is 4.42. The molecule has 0 heterocycles. The minimum Gasteiger partial charge on any atom is -0.493 e. The highest BCUT2D eigenvalue weighted by atomic mass is 16.5. The van der Waals surface area contributed by atoms with Crippen LogP contribution in [0.4, 0.5) is 5.69 Å². The number of benzene rings is 2. The summed E-state index contributed by atoms with van der Waals surface area (Å²) in [6.07, 6.45) is 0. The number of amides is 1. The van der Waals surface area contributed by atoms with Gasteiger partial charge < -0.3 is 14.8 Å². The van der Waals surface area contributed by atoms with Crippen LogP contribution >= 0.6 is 0 Å². The Morgan fingerprint density at radius 2 is 1.86 bits per heavy atom. The van der Waals surface area contributed by atoms with Gasteiger partial charge in [0.2, 0.25) is 0 Å². The normalized spacial score (nSPS) is 9.57. The average molecular weight is 282 g/mol. The highest BCUT2D eigenvalue weighted by molar-refractivity contribution is 6.07. The second-order valence-corrected chi connectivity index (χ2v) is 4.15. The van der Waals surface area contributed by atoms with Gasteiger partial charge in [-0.25, -0.2) is 0 Å². The molecule has 0 aliphatic rings. The average Bonchev–Trinajstić information content (AvgIpc) is 2.54. The number of hydrogen-bond donors (Lipinski definition) is 1. The number of rotatable bonds is 4. The molecule has 2 rings (SSSR count). The van der Waals surface area contributed by atoms with Crippen molar-refractivity contribution in [2.45, 2.75) is 0 Å². The van der Waals surface area contributed by atoms with Gasteiger partial charge in [0.1, 0.15) is 6.07 Å². The van der Waals surface area contributed by atoms with E-state index in [0.717, 1.165) is 0 Å². The lowest BCUT2D eigenvalue weighted by Gasteiger charge is -2.13. The summed E-state index contributed by atoms with van der Waals surface area (Å²) >= 11 is 0. The van der Waals surface area contributed by atoms with Crippen LogP contribution in [0, 0.1) is 11.3 Å². The van der Waals surface area contributed by atoms with Crippen LogP contribution in [0.25, 0.3) is 0 Å². The highest BCUT2D eigenvalue weighted by Crippen LogP contribution is 2.31. The van der Waals surface area contributed by atoms with E-state index in [0.29, 0.717) is 28.3 Å². The molecule has 1 amide bonds. The van der Waals surface area contributed by atoms with Gasteiger partial charge in [-0.15, -0.1) is 0 Å². The van der Waals surface area contributed by atoms with Gasteiger partial charge in [0.25, 0.3) is 5.91 Å². The van der Waals surface area contributed by atoms with E-state index in [4.69, 9.17) is 14.7 Å². The first-order valence-corrected chi connectivity index (χ1v) is 6.22. The molecule has 0 radical (unpaired) electrons. The van der Waals surface area contributed by atoms with Crippen molar-refractivity contribution in [2.24, 2.45) is 0 Å². The second kappa shape index (κ2) is 6.44.